The van der Waals surface area contributed by atoms with E-state index < -0.39 is 0 Å². The van der Waals surface area contributed by atoms with Crippen LogP contribution in [0.5, 0.6) is 0 Å². The highest BCUT2D eigenvalue weighted by atomic mass is 16.1. The number of nitrogens with one attached hydrogen (secondary N) is 1. The standard InChI is InChI=1S/C21H32N4O/c1-4-10-25-19-9-8-17(22-21(26)13-16(2)3)14-18(19)23-20(25)15-24-11-6-5-7-12-24/h8-9,14,16H,4-7,10-13,15H2,1-3H3,(H,22,26). The molecule has 5 nitrogen and oxygen atoms in total. The third-order valence-corrected chi connectivity index (χ3v) is 4.97. The van der Waals surface area contributed by atoms with E-state index in [-0.39, 0.29) is 5.91 Å². The van der Waals surface area contributed by atoms with Gasteiger partial charge in [0.2, 0.25) is 5.91 Å². The van der Waals surface area contributed by atoms with Crippen LogP contribution in [0.3, 0.4) is 0 Å². The molecule has 1 aromatic carbocycles. The van der Waals surface area contributed by atoms with E-state index in [1.807, 2.05) is 12.1 Å². The van der Waals surface area contributed by atoms with E-state index in [9.17, 15) is 4.79 Å². The molecule has 1 aromatic heterocycles. The molecule has 1 fully saturated rings. The van der Waals surface area contributed by atoms with Gasteiger partial charge in [0.15, 0.2) is 0 Å². The van der Waals surface area contributed by atoms with E-state index >= 15 is 0 Å². The summed E-state index contributed by atoms with van der Waals surface area (Å²) in [5.41, 5.74) is 2.99. The van der Waals surface area contributed by atoms with Crippen LogP contribution in [-0.2, 0) is 17.9 Å². The lowest BCUT2D eigenvalue weighted by Crippen LogP contribution is -2.30. The maximum absolute atomic E-state index is 12.1. The molecule has 0 saturated carbocycles. The van der Waals surface area contributed by atoms with Crippen LogP contribution < -0.4 is 5.32 Å². The molecule has 0 atom stereocenters. The molecule has 1 amide bonds. The number of anilines is 1. The first-order chi connectivity index (χ1) is 12.6. The highest BCUT2D eigenvalue weighted by molar-refractivity contribution is 5.93. The SMILES string of the molecule is CCCn1c(CN2CCCCC2)nc2cc(NC(=O)CC(C)C)ccc21. The predicted molar refractivity (Wildman–Crippen MR) is 107 cm³/mol. The van der Waals surface area contributed by atoms with Crippen molar-refractivity contribution in [3.05, 3.63) is 24.0 Å². The Kier molecular flexibility index (Phi) is 6.30. The number of fused-ring (bicyclic) bond motifs is 1. The molecule has 2 aromatic rings. The Bertz CT molecular complexity index is 744. The number of rotatable bonds is 7. The molecule has 3 rings (SSSR count). The summed E-state index contributed by atoms with van der Waals surface area (Å²) in [5.74, 6) is 1.58. The number of aryl methyl sites for hydroxylation is 1. The van der Waals surface area contributed by atoms with Crippen LogP contribution in [0.4, 0.5) is 5.69 Å². The van der Waals surface area contributed by atoms with E-state index in [1.165, 1.54) is 37.9 Å². The second kappa shape index (κ2) is 8.67. The Balaban J connectivity index is 1.82. The molecule has 1 N–H and O–H groups in total. The monoisotopic (exact) mass is 356 g/mol. The van der Waals surface area contributed by atoms with Gasteiger partial charge in [0.25, 0.3) is 0 Å². The quantitative estimate of drug-likeness (QED) is 0.799. The van der Waals surface area contributed by atoms with Crippen LogP contribution >= 0.6 is 0 Å². The summed E-state index contributed by atoms with van der Waals surface area (Å²) in [6, 6.07) is 6.11. The molecular formula is C21H32N4O. The average Bonchev–Trinajstić information content (AvgIpc) is 2.92. The molecule has 0 bridgehead atoms. The highest BCUT2D eigenvalue weighted by Gasteiger charge is 2.16. The highest BCUT2D eigenvalue weighted by Crippen LogP contribution is 2.23. The van der Waals surface area contributed by atoms with Crippen molar-refractivity contribution in [3.63, 3.8) is 0 Å². The molecule has 26 heavy (non-hydrogen) atoms. The minimum absolute atomic E-state index is 0.0703. The number of hydrogen-bond acceptors (Lipinski definition) is 3. The normalized spacial score (nSPS) is 15.7. The minimum atomic E-state index is 0.0703. The maximum atomic E-state index is 12.1. The van der Waals surface area contributed by atoms with Crippen molar-refractivity contribution in [3.8, 4) is 0 Å². The lowest BCUT2D eigenvalue weighted by molar-refractivity contribution is -0.116. The fourth-order valence-electron chi connectivity index (χ4n) is 3.75. The summed E-state index contributed by atoms with van der Waals surface area (Å²) in [7, 11) is 0. The third kappa shape index (κ3) is 4.64. The lowest BCUT2D eigenvalue weighted by atomic mass is 10.1. The van der Waals surface area contributed by atoms with Crippen LogP contribution in [0.2, 0.25) is 0 Å². The zero-order chi connectivity index (χ0) is 18.5. The number of imidazole rings is 1. The summed E-state index contributed by atoms with van der Waals surface area (Å²) in [4.78, 5) is 19.5. The molecule has 1 aliphatic rings. The van der Waals surface area contributed by atoms with Crippen LogP contribution in [0, 0.1) is 5.92 Å². The number of amides is 1. The number of carbonyl (C=O) groups excluding carboxylic acids is 1. The van der Waals surface area contributed by atoms with Gasteiger partial charge in [0.1, 0.15) is 5.82 Å². The molecular weight excluding hydrogens is 324 g/mol. The van der Waals surface area contributed by atoms with Gasteiger partial charge in [-0.3, -0.25) is 9.69 Å². The van der Waals surface area contributed by atoms with Gasteiger partial charge < -0.3 is 9.88 Å². The maximum Gasteiger partial charge on any atom is 0.224 e. The number of benzene rings is 1. The van der Waals surface area contributed by atoms with Crippen LogP contribution in [0.25, 0.3) is 11.0 Å². The van der Waals surface area contributed by atoms with Crippen molar-refractivity contribution < 1.29 is 4.79 Å². The zero-order valence-electron chi connectivity index (χ0n) is 16.4. The summed E-state index contributed by atoms with van der Waals surface area (Å²) < 4.78 is 2.35. The number of hydrogen-bond donors (Lipinski definition) is 1. The van der Waals surface area contributed by atoms with Gasteiger partial charge in [-0.05, 0) is 56.5 Å². The number of likely N-dealkylation sites (tertiary alicyclic amines) is 1. The molecule has 0 unspecified atom stereocenters. The van der Waals surface area contributed by atoms with Gasteiger partial charge in [-0.15, -0.1) is 0 Å². The Hall–Kier alpha value is -1.88. The van der Waals surface area contributed by atoms with Gasteiger partial charge in [0, 0.05) is 18.7 Å². The Morgan fingerprint density at radius 2 is 2.00 bits per heavy atom. The molecule has 0 spiro atoms. The van der Waals surface area contributed by atoms with Crippen LogP contribution in [-0.4, -0.2) is 33.4 Å². The van der Waals surface area contributed by atoms with E-state index in [0.717, 1.165) is 36.5 Å². The smallest absolute Gasteiger partial charge is 0.224 e. The molecule has 142 valence electrons. The van der Waals surface area contributed by atoms with Crippen molar-refractivity contribution in [2.24, 2.45) is 5.92 Å². The summed E-state index contributed by atoms with van der Waals surface area (Å²) in [6.45, 7) is 10.6. The van der Waals surface area contributed by atoms with Crippen molar-refractivity contribution in [2.75, 3.05) is 18.4 Å². The number of aromatic nitrogens is 2. The second-order valence-corrected chi connectivity index (χ2v) is 7.87. The van der Waals surface area contributed by atoms with Crippen molar-refractivity contribution >= 4 is 22.6 Å². The minimum Gasteiger partial charge on any atom is -0.327 e. The molecule has 1 saturated heterocycles. The second-order valence-electron chi connectivity index (χ2n) is 7.87. The molecule has 0 aliphatic carbocycles. The van der Waals surface area contributed by atoms with E-state index in [4.69, 9.17) is 4.98 Å². The predicted octanol–water partition coefficient (Wildman–Crippen LogP) is 4.42. The van der Waals surface area contributed by atoms with Crippen LogP contribution in [0.15, 0.2) is 18.2 Å². The summed E-state index contributed by atoms with van der Waals surface area (Å²) in [6.07, 6.45) is 5.56. The first kappa shape index (κ1) is 18.9. The lowest BCUT2D eigenvalue weighted by Gasteiger charge is -2.26. The Morgan fingerprint density at radius 1 is 1.23 bits per heavy atom. The summed E-state index contributed by atoms with van der Waals surface area (Å²) >= 11 is 0. The third-order valence-electron chi connectivity index (χ3n) is 4.97. The average molecular weight is 357 g/mol. The largest absolute Gasteiger partial charge is 0.327 e. The van der Waals surface area contributed by atoms with E-state index in [0.29, 0.717) is 12.3 Å². The first-order valence-corrected chi connectivity index (χ1v) is 10.1. The van der Waals surface area contributed by atoms with Crippen molar-refractivity contribution in [2.45, 2.75) is 66.0 Å². The summed E-state index contributed by atoms with van der Waals surface area (Å²) in [5, 5.41) is 3.01. The molecule has 2 heterocycles. The number of carbonyl (C=O) groups is 1. The van der Waals surface area contributed by atoms with Crippen molar-refractivity contribution in [1.82, 2.24) is 14.5 Å². The first-order valence-electron chi connectivity index (χ1n) is 10.1. The molecule has 1 aliphatic heterocycles. The fraction of sp³-hybridized carbons (Fsp3) is 0.619. The van der Waals surface area contributed by atoms with Gasteiger partial charge in [0.05, 0.1) is 17.6 Å². The fourth-order valence-corrected chi connectivity index (χ4v) is 3.75. The van der Waals surface area contributed by atoms with Crippen LogP contribution in [0.1, 0.15) is 58.7 Å². The van der Waals surface area contributed by atoms with Gasteiger partial charge in [-0.1, -0.05) is 27.2 Å². The van der Waals surface area contributed by atoms with Gasteiger partial charge in [-0.2, -0.15) is 0 Å². The van der Waals surface area contributed by atoms with E-state index in [1.54, 1.807) is 0 Å². The number of nitrogens with zero attached hydrogens (tertiary/aromatic N) is 3. The Labute approximate surface area is 156 Å². The zero-order valence-corrected chi connectivity index (χ0v) is 16.4. The molecule has 5 heteroatoms. The van der Waals surface area contributed by atoms with Gasteiger partial charge >= 0.3 is 0 Å². The Morgan fingerprint density at radius 3 is 2.69 bits per heavy atom. The van der Waals surface area contributed by atoms with Crippen molar-refractivity contribution in [1.29, 1.82) is 0 Å². The molecule has 0 radical (unpaired) electrons. The van der Waals surface area contributed by atoms with Gasteiger partial charge in [-0.25, -0.2) is 4.98 Å². The van der Waals surface area contributed by atoms with E-state index in [2.05, 4.69) is 41.6 Å². The number of piperidine rings is 1. The topological polar surface area (TPSA) is 50.2 Å².